The van der Waals surface area contributed by atoms with Gasteiger partial charge in [-0.2, -0.15) is 0 Å². The molecule has 162 valence electrons. The maximum atomic E-state index is 11.4. The second kappa shape index (κ2) is 8.88. The van der Waals surface area contributed by atoms with Crippen LogP contribution in [0.3, 0.4) is 0 Å². The molecule has 1 aromatic rings. The third kappa shape index (κ3) is 6.06. The van der Waals surface area contributed by atoms with Crippen molar-refractivity contribution in [3.63, 3.8) is 0 Å². The average molecular weight is 406 g/mol. The van der Waals surface area contributed by atoms with Gasteiger partial charge >= 0.3 is 5.69 Å². The van der Waals surface area contributed by atoms with E-state index in [4.69, 9.17) is 9.47 Å². The van der Waals surface area contributed by atoms with E-state index in [0.29, 0.717) is 23.9 Å². The van der Waals surface area contributed by atoms with Crippen molar-refractivity contribution in [2.24, 2.45) is 5.92 Å². The summed E-state index contributed by atoms with van der Waals surface area (Å²) in [6.45, 7) is 15.1. The van der Waals surface area contributed by atoms with Gasteiger partial charge in [0.05, 0.1) is 17.1 Å². The van der Waals surface area contributed by atoms with Crippen molar-refractivity contribution in [2.75, 3.05) is 37.6 Å². The standard InChI is InChI=1S/C22H35N3O4/c1-16-13-23(14-17(2)28-16)15-18-8-10-24(11-9-18)19-6-7-20(25(26)27)21(12-19)29-22(3,4)5/h6-7,12,16-18H,8-11,13-15H2,1-5H3. The summed E-state index contributed by atoms with van der Waals surface area (Å²) in [6.07, 6.45) is 2.87. The van der Waals surface area contributed by atoms with Crippen LogP contribution in [0.4, 0.5) is 11.4 Å². The largest absolute Gasteiger partial charge is 0.481 e. The molecule has 2 fully saturated rings. The van der Waals surface area contributed by atoms with E-state index < -0.39 is 5.60 Å². The maximum Gasteiger partial charge on any atom is 0.311 e. The molecule has 1 aromatic carbocycles. The van der Waals surface area contributed by atoms with Crippen LogP contribution >= 0.6 is 0 Å². The molecule has 7 nitrogen and oxygen atoms in total. The number of morpholine rings is 1. The number of nitro benzene ring substituents is 1. The van der Waals surface area contributed by atoms with Gasteiger partial charge in [0.25, 0.3) is 0 Å². The van der Waals surface area contributed by atoms with Crippen LogP contribution in [-0.4, -0.2) is 60.4 Å². The summed E-state index contributed by atoms with van der Waals surface area (Å²) in [5.74, 6) is 1.03. The highest BCUT2D eigenvalue weighted by Crippen LogP contribution is 2.35. The highest BCUT2D eigenvalue weighted by molar-refractivity contribution is 5.59. The van der Waals surface area contributed by atoms with E-state index in [2.05, 4.69) is 23.6 Å². The lowest BCUT2D eigenvalue weighted by Gasteiger charge is -2.40. The van der Waals surface area contributed by atoms with Crippen molar-refractivity contribution in [3.05, 3.63) is 28.3 Å². The lowest BCUT2D eigenvalue weighted by Crippen LogP contribution is -2.48. The van der Waals surface area contributed by atoms with Crippen LogP contribution in [0.25, 0.3) is 0 Å². The number of rotatable bonds is 5. The summed E-state index contributed by atoms with van der Waals surface area (Å²) in [7, 11) is 0. The summed E-state index contributed by atoms with van der Waals surface area (Å²) in [5, 5.41) is 11.4. The zero-order chi connectivity index (χ0) is 21.2. The lowest BCUT2D eigenvalue weighted by molar-refractivity contribution is -0.386. The molecule has 2 unspecified atom stereocenters. The van der Waals surface area contributed by atoms with E-state index in [-0.39, 0.29) is 10.6 Å². The zero-order valence-electron chi connectivity index (χ0n) is 18.4. The molecule has 2 heterocycles. The average Bonchev–Trinajstić information content (AvgIpc) is 2.60. The molecule has 0 spiro atoms. The van der Waals surface area contributed by atoms with Gasteiger partial charge in [-0.25, -0.2) is 0 Å². The number of nitro groups is 1. The molecule has 0 saturated carbocycles. The van der Waals surface area contributed by atoms with Crippen molar-refractivity contribution < 1.29 is 14.4 Å². The Labute approximate surface area is 174 Å². The first kappa shape index (κ1) is 21.8. The van der Waals surface area contributed by atoms with Crippen LogP contribution in [0, 0.1) is 16.0 Å². The molecule has 2 atom stereocenters. The predicted octanol–water partition coefficient (Wildman–Crippen LogP) is 4.10. The van der Waals surface area contributed by atoms with Crippen molar-refractivity contribution in [1.29, 1.82) is 0 Å². The van der Waals surface area contributed by atoms with Crippen molar-refractivity contribution in [3.8, 4) is 5.75 Å². The number of nitrogens with zero attached hydrogens (tertiary/aromatic N) is 3. The van der Waals surface area contributed by atoms with Gasteiger partial charge in [-0.3, -0.25) is 15.0 Å². The summed E-state index contributed by atoms with van der Waals surface area (Å²) in [6, 6.07) is 5.24. The third-order valence-electron chi connectivity index (χ3n) is 5.55. The number of ether oxygens (including phenoxy) is 2. The van der Waals surface area contributed by atoms with Gasteiger partial charge in [-0.1, -0.05) is 0 Å². The van der Waals surface area contributed by atoms with Gasteiger partial charge < -0.3 is 14.4 Å². The topological polar surface area (TPSA) is 68.1 Å². The molecule has 3 rings (SSSR count). The molecule has 29 heavy (non-hydrogen) atoms. The fourth-order valence-corrected chi connectivity index (χ4v) is 4.43. The molecule has 0 radical (unpaired) electrons. The number of piperidine rings is 1. The Balaban J connectivity index is 1.61. The Morgan fingerprint density at radius 3 is 2.34 bits per heavy atom. The van der Waals surface area contributed by atoms with Crippen LogP contribution in [0.15, 0.2) is 18.2 Å². The molecule has 0 aliphatic carbocycles. The highest BCUT2D eigenvalue weighted by atomic mass is 16.6. The Morgan fingerprint density at radius 2 is 1.79 bits per heavy atom. The summed E-state index contributed by atoms with van der Waals surface area (Å²) < 4.78 is 11.7. The SMILES string of the molecule is CC1CN(CC2CCN(c3ccc([N+](=O)[O-])c(OC(C)(C)C)c3)CC2)CC(C)O1. The van der Waals surface area contributed by atoms with E-state index in [9.17, 15) is 10.1 Å². The summed E-state index contributed by atoms with van der Waals surface area (Å²) >= 11 is 0. The smallest absolute Gasteiger partial charge is 0.311 e. The van der Waals surface area contributed by atoms with E-state index in [0.717, 1.165) is 51.3 Å². The normalized spacial score (nSPS) is 24.5. The first-order valence-corrected chi connectivity index (χ1v) is 10.7. The van der Waals surface area contributed by atoms with Crippen molar-refractivity contribution in [2.45, 2.75) is 65.3 Å². The van der Waals surface area contributed by atoms with Gasteiger partial charge in [-0.05, 0) is 59.4 Å². The Kier molecular flexibility index (Phi) is 6.69. The van der Waals surface area contributed by atoms with E-state index in [1.165, 1.54) is 0 Å². The molecule has 2 aliphatic rings. The first-order chi connectivity index (χ1) is 13.6. The second-order valence-corrected chi connectivity index (χ2v) is 9.53. The summed E-state index contributed by atoms with van der Waals surface area (Å²) in [5.41, 5.74) is 0.541. The third-order valence-corrected chi connectivity index (χ3v) is 5.55. The highest BCUT2D eigenvalue weighted by Gasteiger charge is 2.28. The summed E-state index contributed by atoms with van der Waals surface area (Å²) in [4.78, 5) is 15.9. The molecule has 0 bridgehead atoms. The Bertz CT molecular complexity index is 700. The van der Waals surface area contributed by atoms with Gasteiger partial charge in [0.1, 0.15) is 5.60 Å². The van der Waals surface area contributed by atoms with Crippen LogP contribution in [0.1, 0.15) is 47.5 Å². The van der Waals surface area contributed by atoms with E-state index in [1.807, 2.05) is 32.9 Å². The van der Waals surface area contributed by atoms with Crippen LogP contribution in [0.2, 0.25) is 0 Å². The predicted molar refractivity (Wildman–Crippen MR) is 115 cm³/mol. The van der Waals surface area contributed by atoms with Gasteiger partial charge in [0.15, 0.2) is 5.75 Å². The van der Waals surface area contributed by atoms with Crippen molar-refractivity contribution in [1.82, 2.24) is 4.90 Å². The Morgan fingerprint density at radius 1 is 1.17 bits per heavy atom. The minimum atomic E-state index is -0.483. The monoisotopic (exact) mass is 405 g/mol. The number of hydrogen-bond acceptors (Lipinski definition) is 6. The zero-order valence-corrected chi connectivity index (χ0v) is 18.4. The van der Waals surface area contributed by atoms with E-state index in [1.54, 1.807) is 6.07 Å². The molecule has 0 aromatic heterocycles. The van der Waals surface area contributed by atoms with Gasteiger partial charge in [0.2, 0.25) is 0 Å². The van der Waals surface area contributed by atoms with Crippen LogP contribution in [0.5, 0.6) is 5.75 Å². The fraction of sp³-hybridized carbons (Fsp3) is 0.727. The Hall–Kier alpha value is -1.86. The minimum Gasteiger partial charge on any atom is -0.481 e. The number of benzene rings is 1. The first-order valence-electron chi connectivity index (χ1n) is 10.7. The van der Waals surface area contributed by atoms with Gasteiger partial charge in [0, 0.05) is 50.5 Å². The fourth-order valence-electron chi connectivity index (χ4n) is 4.43. The van der Waals surface area contributed by atoms with E-state index >= 15 is 0 Å². The molecule has 0 amide bonds. The molecule has 2 aliphatic heterocycles. The van der Waals surface area contributed by atoms with Crippen LogP contribution < -0.4 is 9.64 Å². The number of hydrogen-bond donors (Lipinski definition) is 0. The number of anilines is 1. The molecular weight excluding hydrogens is 370 g/mol. The lowest BCUT2D eigenvalue weighted by atomic mass is 9.95. The maximum absolute atomic E-state index is 11.4. The quantitative estimate of drug-likeness (QED) is 0.543. The van der Waals surface area contributed by atoms with Crippen LogP contribution in [-0.2, 0) is 4.74 Å². The van der Waals surface area contributed by atoms with Crippen molar-refractivity contribution >= 4 is 11.4 Å². The van der Waals surface area contributed by atoms with Gasteiger partial charge in [-0.15, -0.1) is 0 Å². The molecule has 7 heteroatoms. The molecular formula is C22H35N3O4. The minimum absolute atomic E-state index is 0.0223. The second-order valence-electron chi connectivity index (χ2n) is 9.53. The molecule has 2 saturated heterocycles. The molecule has 0 N–H and O–H groups in total.